The SMILES string of the molecule is CC(CCCc1ccccc1)Oc1cc(O)c2c(c1)OC(C)(C)C(C(C)CC(=O)O)C2. The Bertz CT molecular complexity index is 890. The van der Waals surface area contributed by atoms with Gasteiger partial charge in [-0.3, -0.25) is 4.79 Å². The van der Waals surface area contributed by atoms with Gasteiger partial charge in [-0.15, -0.1) is 0 Å². The van der Waals surface area contributed by atoms with Crippen molar-refractivity contribution < 1.29 is 24.5 Å². The highest BCUT2D eigenvalue weighted by Gasteiger charge is 2.41. The number of hydrogen-bond acceptors (Lipinski definition) is 4. The zero-order chi connectivity index (χ0) is 22.6. The maximum absolute atomic E-state index is 11.2. The van der Waals surface area contributed by atoms with Gasteiger partial charge in [0.05, 0.1) is 6.10 Å². The van der Waals surface area contributed by atoms with Gasteiger partial charge in [-0.25, -0.2) is 0 Å². The van der Waals surface area contributed by atoms with Crippen molar-refractivity contribution in [3.63, 3.8) is 0 Å². The lowest BCUT2D eigenvalue weighted by atomic mass is 9.74. The number of ether oxygens (including phenoxy) is 2. The molecular formula is C26H34O5. The zero-order valence-electron chi connectivity index (χ0n) is 18.9. The van der Waals surface area contributed by atoms with Crippen molar-refractivity contribution in [3.05, 3.63) is 53.6 Å². The molecule has 168 valence electrons. The van der Waals surface area contributed by atoms with Gasteiger partial charge < -0.3 is 19.7 Å². The van der Waals surface area contributed by atoms with Crippen LogP contribution in [0.3, 0.4) is 0 Å². The minimum absolute atomic E-state index is 0.00863. The number of aryl methyl sites for hydroxylation is 1. The van der Waals surface area contributed by atoms with Crippen molar-refractivity contribution in [1.29, 1.82) is 0 Å². The monoisotopic (exact) mass is 426 g/mol. The maximum Gasteiger partial charge on any atom is 0.303 e. The Morgan fingerprint density at radius 2 is 1.94 bits per heavy atom. The average molecular weight is 427 g/mol. The molecule has 3 unspecified atom stereocenters. The van der Waals surface area contributed by atoms with E-state index in [1.807, 2.05) is 39.8 Å². The van der Waals surface area contributed by atoms with Gasteiger partial charge in [-0.1, -0.05) is 37.3 Å². The average Bonchev–Trinajstić information content (AvgIpc) is 2.67. The maximum atomic E-state index is 11.2. The molecule has 31 heavy (non-hydrogen) atoms. The van der Waals surface area contributed by atoms with Gasteiger partial charge in [-0.05, 0) is 57.9 Å². The summed E-state index contributed by atoms with van der Waals surface area (Å²) in [5.41, 5.74) is 1.52. The molecule has 5 nitrogen and oxygen atoms in total. The molecule has 1 aliphatic heterocycles. The molecule has 1 aliphatic rings. The third-order valence-corrected chi connectivity index (χ3v) is 6.29. The van der Waals surface area contributed by atoms with Crippen LogP contribution in [0, 0.1) is 11.8 Å². The van der Waals surface area contributed by atoms with Crippen molar-refractivity contribution in [2.75, 3.05) is 0 Å². The summed E-state index contributed by atoms with van der Waals surface area (Å²) >= 11 is 0. The Hall–Kier alpha value is -2.69. The van der Waals surface area contributed by atoms with E-state index >= 15 is 0 Å². The lowest BCUT2D eigenvalue weighted by Crippen LogP contribution is -2.45. The lowest BCUT2D eigenvalue weighted by molar-refractivity contribution is -0.139. The number of carbonyl (C=O) groups is 1. The van der Waals surface area contributed by atoms with Crippen molar-refractivity contribution >= 4 is 5.97 Å². The van der Waals surface area contributed by atoms with Crippen molar-refractivity contribution in [3.8, 4) is 17.2 Å². The van der Waals surface area contributed by atoms with Crippen molar-refractivity contribution in [2.45, 2.75) is 71.5 Å². The number of carboxylic acid groups (broad SMARTS) is 1. The quantitative estimate of drug-likeness (QED) is 0.544. The van der Waals surface area contributed by atoms with Gasteiger partial charge in [0.15, 0.2) is 0 Å². The van der Waals surface area contributed by atoms with Gasteiger partial charge >= 0.3 is 5.97 Å². The molecule has 0 amide bonds. The number of benzene rings is 2. The topological polar surface area (TPSA) is 76.0 Å². The van der Waals surface area contributed by atoms with E-state index in [2.05, 4.69) is 24.3 Å². The highest BCUT2D eigenvalue weighted by molar-refractivity contribution is 5.67. The van der Waals surface area contributed by atoms with Crippen LogP contribution >= 0.6 is 0 Å². The summed E-state index contributed by atoms with van der Waals surface area (Å²) in [5.74, 6) is 0.466. The molecule has 2 aromatic rings. The minimum Gasteiger partial charge on any atom is -0.507 e. The molecule has 0 aromatic heterocycles. The molecule has 1 heterocycles. The predicted octanol–water partition coefficient (Wildman–Crippen LogP) is 5.62. The molecule has 0 radical (unpaired) electrons. The second-order valence-corrected chi connectivity index (χ2v) is 9.32. The second-order valence-electron chi connectivity index (χ2n) is 9.32. The molecule has 5 heteroatoms. The molecule has 2 N–H and O–H groups in total. The fourth-order valence-electron chi connectivity index (χ4n) is 4.63. The fraction of sp³-hybridized carbons (Fsp3) is 0.500. The van der Waals surface area contributed by atoms with Crippen LogP contribution in [0.25, 0.3) is 0 Å². The number of hydrogen-bond donors (Lipinski definition) is 2. The minimum atomic E-state index is -0.816. The Balaban J connectivity index is 1.65. The number of aromatic hydroxyl groups is 1. The Morgan fingerprint density at radius 3 is 2.61 bits per heavy atom. The third-order valence-electron chi connectivity index (χ3n) is 6.29. The van der Waals surface area contributed by atoms with Gasteiger partial charge in [0.25, 0.3) is 0 Å². The molecule has 0 saturated carbocycles. The summed E-state index contributed by atoms with van der Waals surface area (Å²) in [7, 11) is 0. The number of rotatable bonds is 9. The Morgan fingerprint density at radius 1 is 1.23 bits per heavy atom. The fourth-order valence-corrected chi connectivity index (χ4v) is 4.63. The molecular weight excluding hydrogens is 392 g/mol. The van der Waals surface area contributed by atoms with Crippen LogP contribution in [0.15, 0.2) is 42.5 Å². The molecule has 3 atom stereocenters. The number of phenols is 1. The molecule has 0 aliphatic carbocycles. The van der Waals surface area contributed by atoms with E-state index < -0.39 is 11.6 Å². The molecule has 0 fully saturated rings. The van der Waals surface area contributed by atoms with Gasteiger partial charge in [0.1, 0.15) is 22.8 Å². The summed E-state index contributed by atoms with van der Waals surface area (Å²) in [6.07, 6.45) is 3.62. The third kappa shape index (κ3) is 5.93. The predicted molar refractivity (Wildman–Crippen MR) is 121 cm³/mol. The van der Waals surface area contributed by atoms with E-state index in [-0.39, 0.29) is 30.1 Å². The second kappa shape index (κ2) is 9.63. The first-order valence-corrected chi connectivity index (χ1v) is 11.1. The number of aliphatic carboxylic acids is 1. The van der Waals surface area contributed by atoms with Crippen LogP contribution in [0.2, 0.25) is 0 Å². The smallest absolute Gasteiger partial charge is 0.303 e. The first kappa shape index (κ1) is 23.0. The van der Waals surface area contributed by atoms with E-state index in [1.165, 1.54) is 5.56 Å². The van der Waals surface area contributed by atoms with Gasteiger partial charge in [-0.2, -0.15) is 0 Å². The van der Waals surface area contributed by atoms with Crippen LogP contribution in [-0.2, 0) is 17.6 Å². The van der Waals surface area contributed by atoms with Gasteiger partial charge in [0, 0.05) is 30.0 Å². The molecule has 2 aromatic carbocycles. The van der Waals surface area contributed by atoms with Crippen LogP contribution in [0.5, 0.6) is 17.2 Å². The zero-order valence-corrected chi connectivity index (χ0v) is 18.9. The van der Waals surface area contributed by atoms with Gasteiger partial charge in [0.2, 0.25) is 0 Å². The van der Waals surface area contributed by atoms with Crippen molar-refractivity contribution in [2.24, 2.45) is 11.8 Å². The van der Waals surface area contributed by atoms with Crippen molar-refractivity contribution in [1.82, 2.24) is 0 Å². The molecule has 0 bridgehead atoms. The summed E-state index contributed by atoms with van der Waals surface area (Å²) < 4.78 is 12.3. The van der Waals surface area contributed by atoms with E-state index in [0.717, 1.165) is 24.8 Å². The number of carboxylic acids is 1. The highest BCUT2D eigenvalue weighted by Crippen LogP contribution is 2.46. The summed E-state index contributed by atoms with van der Waals surface area (Å²) in [6, 6.07) is 13.9. The van der Waals surface area contributed by atoms with E-state index in [4.69, 9.17) is 9.47 Å². The Kier molecular flexibility index (Phi) is 7.14. The number of fused-ring (bicyclic) bond motifs is 1. The Labute approximate surface area is 185 Å². The van der Waals surface area contributed by atoms with Crippen LogP contribution in [0.4, 0.5) is 0 Å². The summed E-state index contributed by atoms with van der Waals surface area (Å²) in [5, 5.41) is 19.8. The lowest BCUT2D eigenvalue weighted by Gasteiger charge is -2.43. The standard InChI is InChI=1S/C26H34O5/c1-17(13-25(28)29)22-16-21-23(27)14-20(15-24(21)31-26(22,3)4)30-18(2)9-8-12-19-10-6-5-7-11-19/h5-7,10-11,14-15,17-18,22,27H,8-9,12-13,16H2,1-4H3,(H,28,29). The summed E-state index contributed by atoms with van der Waals surface area (Å²) in [4.78, 5) is 11.2. The van der Waals surface area contributed by atoms with E-state index in [0.29, 0.717) is 17.9 Å². The normalized spacial score (nSPS) is 19.0. The summed E-state index contributed by atoms with van der Waals surface area (Å²) in [6.45, 7) is 7.93. The first-order chi connectivity index (χ1) is 14.7. The largest absolute Gasteiger partial charge is 0.507 e. The van der Waals surface area contributed by atoms with E-state index in [1.54, 1.807) is 6.07 Å². The van der Waals surface area contributed by atoms with E-state index in [9.17, 15) is 15.0 Å². The van der Waals surface area contributed by atoms with Crippen LogP contribution in [-0.4, -0.2) is 27.9 Å². The molecule has 0 spiro atoms. The molecule has 3 rings (SSSR count). The number of phenolic OH excluding ortho intramolecular Hbond substituents is 1. The van der Waals surface area contributed by atoms with Crippen LogP contribution in [0.1, 0.15) is 58.1 Å². The van der Waals surface area contributed by atoms with Crippen LogP contribution < -0.4 is 9.47 Å². The highest BCUT2D eigenvalue weighted by atomic mass is 16.5. The first-order valence-electron chi connectivity index (χ1n) is 11.1. The molecule has 0 saturated heterocycles.